The molecular weight excluding hydrogens is 366 g/mol. The first kappa shape index (κ1) is 18.4. The van der Waals surface area contributed by atoms with Gasteiger partial charge in [-0.3, -0.25) is 9.69 Å². The molecule has 3 aliphatic rings. The average molecular weight is 392 g/mol. The Bertz CT molecular complexity index is 712. The minimum absolute atomic E-state index is 0.0149. The van der Waals surface area contributed by atoms with Gasteiger partial charge in [-0.15, -0.1) is 0 Å². The number of halogens is 1. The van der Waals surface area contributed by atoms with Gasteiger partial charge >= 0.3 is 6.03 Å². The van der Waals surface area contributed by atoms with Crippen LogP contribution in [0.3, 0.4) is 0 Å². The number of carbonyl (C=O) groups excluding carboxylic acids is 2. The fourth-order valence-electron chi connectivity index (χ4n) is 4.28. The van der Waals surface area contributed by atoms with Gasteiger partial charge in [0.05, 0.1) is 12.2 Å². The lowest BCUT2D eigenvalue weighted by Crippen LogP contribution is -2.51. The quantitative estimate of drug-likeness (QED) is 0.840. The molecule has 0 spiro atoms. The second kappa shape index (κ2) is 7.97. The minimum atomic E-state index is -0.0310. The van der Waals surface area contributed by atoms with Gasteiger partial charge in [0.15, 0.2) is 0 Å². The molecule has 0 atom stereocenters. The lowest BCUT2D eigenvalue weighted by Gasteiger charge is -2.37. The van der Waals surface area contributed by atoms with Gasteiger partial charge in [-0.05, 0) is 43.9 Å². The van der Waals surface area contributed by atoms with Gasteiger partial charge in [0, 0.05) is 30.1 Å². The van der Waals surface area contributed by atoms with Crippen molar-refractivity contribution in [2.45, 2.75) is 44.6 Å². The molecule has 0 unspecified atom stereocenters. The van der Waals surface area contributed by atoms with Crippen LogP contribution < -0.4 is 15.0 Å². The van der Waals surface area contributed by atoms with Crippen molar-refractivity contribution in [3.8, 4) is 5.75 Å². The van der Waals surface area contributed by atoms with Crippen molar-refractivity contribution in [3.05, 3.63) is 23.2 Å². The Hall–Kier alpha value is -1.95. The molecule has 1 saturated heterocycles. The Labute approximate surface area is 164 Å². The maximum Gasteiger partial charge on any atom is 0.324 e. The number of amides is 3. The third kappa shape index (κ3) is 4.00. The van der Waals surface area contributed by atoms with E-state index in [0.29, 0.717) is 43.1 Å². The molecule has 3 amide bonds. The molecule has 0 bridgehead atoms. The molecule has 2 aliphatic heterocycles. The third-order valence-corrected chi connectivity index (χ3v) is 6.09. The summed E-state index contributed by atoms with van der Waals surface area (Å²) in [5, 5.41) is 3.77. The van der Waals surface area contributed by atoms with Crippen molar-refractivity contribution in [1.29, 1.82) is 0 Å². The molecule has 1 N–H and O–H groups in total. The summed E-state index contributed by atoms with van der Waals surface area (Å²) in [5.74, 6) is 0.864. The number of nitrogens with one attached hydrogen (secondary N) is 1. The number of rotatable bonds is 2. The second-order valence-corrected chi connectivity index (χ2v) is 8.08. The maximum absolute atomic E-state index is 13.0. The van der Waals surface area contributed by atoms with Gasteiger partial charge in [0.25, 0.3) is 0 Å². The SMILES string of the molecule is O=C(NC1CCCC1)C1CCN(C(=O)N2CCOc3ccc(Cl)cc32)CC1. The zero-order chi connectivity index (χ0) is 18.8. The van der Waals surface area contributed by atoms with Crippen LogP contribution >= 0.6 is 11.6 Å². The van der Waals surface area contributed by atoms with E-state index >= 15 is 0 Å². The van der Waals surface area contributed by atoms with E-state index in [1.165, 1.54) is 12.8 Å². The van der Waals surface area contributed by atoms with Gasteiger partial charge < -0.3 is 15.0 Å². The van der Waals surface area contributed by atoms with Crippen molar-refractivity contribution < 1.29 is 14.3 Å². The zero-order valence-corrected chi connectivity index (χ0v) is 16.2. The van der Waals surface area contributed by atoms with Crippen molar-refractivity contribution >= 4 is 29.2 Å². The lowest BCUT2D eigenvalue weighted by atomic mass is 9.95. The highest BCUT2D eigenvalue weighted by atomic mass is 35.5. The highest BCUT2D eigenvalue weighted by Gasteiger charge is 2.33. The summed E-state index contributed by atoms with van der Waals surface area (Å²) in [4.78, 5) is 29.1. The largest absolute Gasteiger partial charge is 0.490 e. The van der Waals surface area contributed by atoms with Crippen LogP contribution in [0.2, 0.25) is 5.02 Å². The summed E-state index contributed by atoms with van der Waals surface area (Å²) in [6.45, 7) is 2.19. The second-order valence-electron chi connectivity index (χ2n) is 7.65. The minimum Gasteiger partial charge on any atom is -0.490 e. The monoisotopic (exact) mass is 391 g/mol. The normalized spacial score (nSPS) is 20.9. The molecule has 4 rings (SSSR count). The van der Waals surface area contributed by atoms with Crippen LogP contribution in [0.4, 0.5) is 10.5 Å². The highest BCUT2D eigenvalue weighted by Crippen LogP contribution is 2.35. The number of hydrogen-bond acceptors (Lipinski definition) is 3. The van der Waals surface area contributed by atoms with Gasteiger partial charge in [0.1, 0.15) is 12.4 Å². The van der Waals surface area contributed by atoms with E-state index in [4.69, 9.17) is 16.3 Å². The van der Waals surface area contributed by atoms with Crippen molar-refractivity contribution in [3.63, 3.8) is 0 Å². The number of fused-ring (bicyclic) bond motifs is 1. The molecule has 7 heteroatoms. The summed E-state index contributed by atoms with van der Waals surface area (Å²) < 4.78 is 5.63. The van der Waals surface area contributed by atoms with Gasteiger partial charge in [0.2, 0.25) is 5.91 Å². The Morgan fingerprint density at radius 3 is 2.56 bits per heavy atom. The molecule has 1 saturated carbocycles. The average Bonchev–Trinajstić information content (AvgIpc) is 3.20. The van der Waals surface area contributed by atoms with Crippen LogP contribution in [0.25, 0.3) is 0 Å². The fraction of sp³-hybridized carbons (Fsp3) is 0.600. The van der Waals surface area contributed by atoms with Crippen LogP contribution in [-0.4, -0.2) is 49.1 Å². The first-order valence-corrected chi connectivity index (χ1v) is 10.3. The number of benzene rings is 1. The van der Waals surface area contributed by atoms with Crippen LogP contribution in [0.15, 0.2) is 18.2 Å². The summed E-state index contributed by atoms with van der Waals surface area (Å²) in [6.07, 6.45) is 6.06. The van der Waals surface area contributed by atoms with Crippen LogP contribution in [0.5, 0.6) is 5.75 Å². The first-order valence-electron chi connectivity index (χ1n) is 9.91. The molecule has 146 valence electrons. The molecule has 27 heavy (non-hydrogen) atoms. The number of carbonyl (C=O) groups is 2. The number of likely N-dealkylation sites (tertiary alicyclic amines) is 1. The zero-order valence-electron chi connectivity index (χ0n) is 15.5. The van der Waals surface area contributed by atoms with E-state index in [-0.39, 0.29) is 17.9 Å². The van der Waals surface area contributed by atoms with E-state index in [1.807, 2.05) is 4.90 Å². The first-order chi connectivity index (χ1) is 13.1. The number of urea groups is 1. The van der Waals surface area contributed by atoms with Crippen LogP contribution in [-0.2, 0) is 4.79 Å². The van der Waals surface area contributed by atoms with E-state index < -0.39 is 0 Å². The van der Waals surface area contributed by atoms with E-state index in [0.717, 1.165) is 31.4 Å². The molecule has 1 aromatic rings. The standard InChI is InChI=1S/C20H26ClN3O3/c21-15-5-6-18-17(13-15)24(11-12-27-18)20(26)23-9-7-14(8-10-23)19(25)22-16-3-1-2-4-16/h5-6,13-14,16H,1-4,7-12H2,(H,22,25). The molecule has 0 radical (unpaired) electrons. The molecule has 2 fully saturated rings. The maximum atomic E-state index is 13.0. The molecule has 1 aromatic carbocycles. The van der Waals surface area contributed by atoms with Crippen LogP contribution in [0, 0.1) is 5.92 Å². The fourth-order valence-corrected chi connectivity index (χ4v) is 4.45. The Morgan fingerprint density at radius 1 is 1.07 bits per heavy atom. The summed E-state index contributed by atoms with van der Waals surface area (Å²) in [7, 11) is 0. The molecule has 6 nitrogen and oxygen atoms in total. The van der Waals surface area contributed by atoms with Crippen LogP contribution in [0.1, 0.15) is 38.5 Å². The van der Waals surface area contributed by atoms with Gasteiger partial charge in [-0.1, -0.05) is 24.4 Å². The Balaban J connectivity index is 1.35. The van der Waals surface area contributed by atoms with Gasteiger partial charge in [-0.2, -0.15) is 0 Å². The Morgan fingerprint density at radius 2 is 1.81 bits per heavy atom. The Kier molecular flexibility index (Phi) is 5.43. The molecule has 1 aliphatic carbocycles. The van der Waals surface area contributed by atoms with Crippen molar-refractivity contribution in [2.24, 2.45) is 5.92 Å². The predicted octanol–water partition coefficient (Wildman–Crippen LogP) is 3.43. The summed E-state index contributed by atoms with van der Waals surface area (Å²) >= 11 is 6.10. The molecule has 0 aromatic heterocycles. The number of nitrogens with zero attached hydrogens (tertiary/aromatic N) is 2. The van der Waals surface area contributed by atoms with Gasteiger partial charge in [-0.25, -0.2) is 4.79 Å². The number of ether oxygens (including phenoxy) is 1. The number of piperidine rings is 1. The van der Waals surface area contributed by atoms with Crippen molar-refractivity contribution in [2.75, 3.05) is 31.1 Å². The smallest absolute Gasteiger partial charge is 0.324 e. The van der Waals surface area contributed by atoms with E-state index in [9.17, 15) is 9.59 Å². The topological polar surface area (TPSA) is 61.9 Å². The van der Waals surface area contributed by atoms with E-state index in [2.05, 4.69) is 5.32 Å². The lowest BCUT2D eigenvalue weighted by molar-refractivity contribution is -0.126. The summed E-state index contributed by atoms with van der Waals surface area (Å²) in [6, 6.07) is 5.66. The van der Waals surface area contributed by atoms with Crippen molar-refractivity contribution in [1.82, 2.24) is 10.2 Å². The highest BCUT2D eigenvalue weighted by molar-refractivity contribution is 6.31. The third-order valence-electron chi connectivity index (χ3n) is 5.85. The van der Waals surface area contributed by atoms with E-state index in [1.54, 1.807) is 23.1 Å². The molecule has 2 heterocycles. The number of anilines is 1. The number of hydrogen-bond donors (Lipinski definition) is 1. The predicted molar refractivity (Wildman–Crippen MR) is 104 cm³/mol. The molecular formula is C20H26ClN3O3. The summed E-state index contributed by atoms with van der Waals surface area (Å²) in [5.41, 5.74) is 0.722.